The average Bonchev–Trinajstić information content (AvgIpc) is 3.64. The van der Waals surface area contributed by atoms with Crippen molar-refractivity contribution < 1.29 is 0 Å². The maximum absolute atomic E-state index is 5.16. The van der Waals surface area contributed by atoms with Gasteiger partial charge in [0, 0.05) is 33.7 Å². The summed E-state index contributed by atoms with van der Waals surface area (Å²) in [6.45, 7) is 0. The van der Waals surface area contributed by atoms with Gasteiger partial charge in [-0.15, -0.1) is 11.8 Å². The van der Waals surface area contributed by atoms with Gasteiger partial charge in [0.25, 0.3) is 0 Å². The van der Waals surface area contributed by atoms with Crippen molar-refractivity contribution in [2.24, 2.45) is 0 Å². The van der Waals surface area contributed by atoms with Gasteiger partial charge in [-0.25, -0.2) is 0 Å². The molecule has 0 saturated heterocycles. The number of fused-ring (bicyclic) bond motifs is 6. The average molecular weight is 597 g/mol. The Morgan fingerprint density at radius 3 is 2.27 bits per heavy atom. The number of anilines is 1. The summed E-state index contributed by atoms with van der Waals surface area (Å²) in [5, 5.41) is 0.417. The second kappa shape index (κ2) is 9.58. The fourth-order valence-electron chi connectivity index (χ4n) is 7.35. The van der Waals surface area contributed by atoms with Gasteiger partial charge in [-0.2, -0.15) is 9.56 Å². The van der Waals surface area contributed by atoms with E-state index in [9.17, 15) is 0 Å². The Morgan fingerprint density at radius 2 is 1.49 bits per heavy atom. The molecule has 2 atom stereocenters. The molecule has 45 heavy (non-hydrogen) atoms. The van der Waals surface area contributed by atoms with Crippen LogP contribution in [-0.4, -0.2) is 32.0 Å². The lowest BCUT2D eigenvalue weighted by molar-refractivity contribution is 0.826. The van der Waals surface area contributed by atoms with Crippen LogP contribution in [0.3, 0.4) is 0 Å². The van der Waals surface area contributed by atoms with Crippen LogP contribution >= 0.6 is 11.8 Å². The number of rotatable bonds is 3. The fourth-order valence-corrected chi connectivity index (χ4v) is 8.66. The van der Waals surface area contributed by atoms with Crippen molar-refractivity contribution in [1.29, 1.82) is 0 Å². The standard InChI is InChI=1S/C39H26N5S/c1-3-12-24(13-4-1)37-40-38(25-14-5-2-6-15-25)42-39(41-37)44-31-19-9-8-18-30(31)43-33-22-29-26-16-7-10-21-34(26)45-35(29)23-28(33)27-17-11-20-32(44)36(27)43/h1-21,23,34,36H,22H2/q+1. The summed E-state index contributed by atoms with van der Waals surface area (Å²) >= 11 is 1.98. The SMILES string of the molecule is C1=CC2=C3CC4=C(C=C3SC2C=C1)C1=CC=CC2=[N+](c3nc(-c5ccccc5)nc(-c5ccccc5)n3)c3ccccc3N4C12. The Hall–Kier alpha value is -5.33. The predicted octanol–water partition coefficient (Wildman–Crippen LogP) is 8.26. The van der Waals surface area contributed by atoms with Gasteiger partial charge < -0.3 is 4.90 Å². The monoisotopic (exact) mass is 596 g/mol. The molecule has 0 spiro atoms. The second-order valence-electron chi connectivity index (χ2n) is 11.8. The van der Waals surface area contributed by atoms with E-state index in [0.717, 1.165) is 28.9 Å². The molecule has 0 amide bonds. The van der Waals surface area contributed by atoms with E-state index in [1.165, 1.54) is 38.6 Å². The van der Waals surface area contributed by atoms with E-state index in [1.54, 1.807) is 0 Å². The zero-order valence-electron chi connectivity index (χ0n) is 24.2. The zero-order chi connectivity index (χ0) is 29.5. The molecule has 2 unspecified atom stereocenters. The van der Waals surface area contributed by atoms with E-state index in [-0.39, 0.29) is 6.04 Å². The highest BCUT2D eigenvalue weighted by Crippen LogP contribution is 2.56. The third kappa shape index (κ3) is 3.69. The molecule has 212 valence electrons. The normalized spacial score (nSPS) is 21.7. The molecule has 3 aliphatic carbocycles. The lowest BCUT2D eigenvalue weighted by Gasteiger charge is -2.37. The van der Waals surface area contributed by atoms with Crippen molar-refractivity contribution >= 4 is 34.8 Å². The van der Waals surface area contributed by atoms with Crippen LogP contribution in [0.25, 0.3) is 22.8 Å². The molecule has 10 rings (SSSR count). The molecule has 0 saturated carbocycles. The van der Waals surface area contributed by atoms with E-state index in [1.807, 2.05) is 48.2 Å². The first kappa shape index (κ1) is 25.0. The van der Waals surface area contributed by atoms with Crippen LogP contribution in [0.15, 0.2) is 166 Å². The Balaban J connectivity index is 1.19. The molecule has 4 heterocycles. The van der Waals surface area contributed by atoms with E-state index >= 15 is 0 Å². The van der Waals surface area contributed by atoms with Crippen LogP contribution in [0.5, 0.6) is 0 Å². The lowest BCUT2D eigenvalue weighted by Crippen LogP contribution is -2.46. The fraction of sp³-hybridized carbons (Fsp3) is 0.0769. The van der Waals surface area contributed by atoms with Crippen molar-refractivity contribution in [2.75, 3.05) is 4.90 Å². The van der Waals surface area contributed by atoms with E-state index in [2.05, 4.69) is 107 Å². The number of benzene rings is 3. The van der Waals surface area contributed by atoms with E-state index in [0.29, 0.717) is 22.8 Å². The number of para-hydroxylation sites is 2. The zero-order valence-corrected chi connectivity index (χ0v) is 25.0. The summed E-state index contributed by atoms with van der Waals surface area (Å²) in [7, 11) is 0. The van der Waals surface area contributed by atoms with Crippen LogP contribution in [0.4, 0.5) is 17.3 Å². The van der Waals surface area contributed by atoms with Gasteiger partial charge in [0.1, 0.15) is 17.4 Å². The van der Waals surface area contributed by atoms with Crippen molar-refractivity contribution in [1.82, 2.24) is 19.5 Å². The van der Waals surface area contributed by atoms with Crippen LogP contribution in [0, 0.1) is 0 Å². The van der Waals surface area contributed by atoms with E-state index in [4.69, 9.17) is 15.0 Å². The molecule has 3 aromatic carbocycles. The Bertz CT molecular complexity index is 2160. The Morgan fingerprint density at radius 1 is 0.756 bits per heavy atom. The number of allylic oxidation sites excluding steroid dienone is 8. The Labute approximate surface area is 265 Å². The predicted molar refractivity (Wildman–Crippen MR) is 184 cm³/mol. The molecular weight excluding hydrogens is 571 g/mol. The molecule has 0 fully saturated rings. The molecule has 0 N–H and O–H groups in total. The maximum atomic E-state index is 5.16. The Kier molecular flexibility index (Phi) is 5.33. The van der Waals surface area contributed by atoms with Gasteiger partial charge >= 0.3 is 5.95 Å². The van der Waals surface area contributed by atoms with Crippen molar-refractivity contribution in [3.8, 4) is 22.8 Å². The summed E-state index contributed by atoms with van der Waals surface area (Å²) in [4.78, 5) is 19.3. The summed E-state index contributed by atoms with van der Waals surface area (Å²) in [5.74, 6) is 1.94. The molecular formula is C39H26N5S+. The highest BCUT2D eigenvalue weighted by Gasteiger charge is 2.49. The van der Waals surface area contributed by atoms with Gasteiger partial charge in [-0.3, -0.25) is 0 Å². The van der Waals surface area contributed by atoms with Crippen molar-refractivity contribution in [2.45, 2.75) is 17.7 Å². The largest absolute Gasteiger partial charge is 0.442 e. The minimum atomic E-state index is 0.0379. The third-order valence-corrected chi connectivity index (χ3v) is 10.6. The topological polar surface area (TPSA) is 44.9 Å². The quantitative estimate of drug-likeness (QED) is 0.223. The first-order valence-corrected chi connectivity index (χ1v) is 16.2. The smallest absolute Gasteiger partial charge is 0.327 e. The van der Waals surface area contributed by atoms with Crippen molar-refractivity contribution in [3.05, 3.63) is 166 Å². The van der Waals surface area contributed by atoms with Crippen LogP contribution in [0.1, 0.15) is 6.42 Å². The van der Waals surface area contributed by atoms with Gasteiger partial charge in [0.2, 0.25) is 11.6 Å². The minimum absolute atomic E-state index is 0.0379. The molecule has 4 aromatic rings. The summed E-state index contributed by atoms with van der Waals surface area (Å²) < 4.78 is 2.26. The van der Waals surface area contributed by atoms with Crippen LogP contribution in [-0.2, 0) is 0 Å². The summed E-state index contributed by atoms with van der Waals surface area (Å²) in [6, 6.07) is 29.1. The maximum Gasteiger partial charge on any atom is 0.442 e. The van der Waals surface area contributed by atoms with Gasteiger partial charge in [0.15, 0.2) is 0 Å². The van der Waals surface area contributed by atoms with Crippen molar-refractivity contribution in [3.63, 3.8) is 0 Å². The molecule has 1 aromatic heterocycles. The number of hydrogen-bond acceptors (Lipinski definition) is 5. The molecule has 0 radical (unpaired) electrons. The molecule has 6 aliphatic rings. The molecule has 0 bridgehead atoms. The lowest BCUT2D eigenvalue weighted by atomic mass is 9.88. The highest BCUT2D eigenvalue weighted by atomic mass is 32.2. The molecule has 3 aliphatic heterocycles. The number of aromatic nitrogens is 3. The number of nitrogens with zero attached hydrogens (tertiary/aromatic N) is 5. The highest BCUT2D eigenvalue weighted by molar-refractivity contribution is 8.04. The minimum Gasteiger partial charge on any atom is -0.327 e. The van der Waals surface area contributed by atoms with Crippen LogP contribution in [0.2, 0.25) is 0 Å². The third-order valence-electron chi connectivity index (χ3n) is 9.32. The van der Waals surface area contributed by atoms with Gasteiger partial charge in [-0.1, -0.05) is 85.0 Å². The van der Waals surface area contributed by atoms with Crippen LogP contribution < -0.4 is 9.48 Å². The first-order valence-electron chi connectivity index (χ1n) is 15.3. The van der Waals surface area contributed by atoms with Gasteiger partial charge in [0.05, 0.1) is 10.9 Å². The second-order valence-corrected chi connectivity index (χ2v) is 13.0. The number of thioether (sulfide) groups is 1. The van der Waals surface area contributed by atoms with E-state index < -0.39 is 0 Å². The number of hydrogen-bond donors (Lipinski definition) is 0. The molecule has 5 nitrogen and oxygen atoms in total. The summed E-state index contributed by atoms with van der Waals surface area (Å²) in [5.41, 5.74) is 12.3. The molecule has 6 heteroatoms. The summed E-state index contributed by atoms with van der Waals surface area (Å²) in [6.07, 6.45) is 19.1. The van der Waals surface area contributed by atoms with Gasteiger partial charge in [-0.05, 0) is 75.2 Å². The first-order chi connectivity index (χ1) is 22.3.